The molecule has 0 bridgehead atoms. The van der Waals surface area contributed by atoms with Gasteiger partial charge in [-0.15, -0.1) is 0 Å². The molecule has 1 N–H and O–H groups in total. The fourth-order valence-electron chi connectivity index (χ4n) is 1.64. The summed E-state index contributed by atoms with van der Waals surface area (Å²) in [5.74, 6) is -0.0637. The van der Waals surface area contributed by atoms with Crippen LogP contribution in [0.1, 0.15) is 18.9 Å². The normalized spacial score (nSPS) is 17.8. The third-order valence-corrected chi connectivity index (χ3v) is 3.42. The first-order valence-electron chi connectivity index (χ1n) is 5.66. The lowest BCUT2D eigenvalue weighted by molar-refractivity contribution is -0.122. The van der Waals surface area contributed by atoms with Gasteiger partial charge in [0.25, 0.3) is 11.1 Å². The van der Waals surface area contributed by atoms with Gasteiger partial charge in [-0.3, -0.25) is 14.5 Å². The highest BCUT2D eigenvalue weighted by molar-refractivity contribution is 8.18. The Bertz CT molecular complexity index is 507. The summed E-state index contributed by atoms with van der Waals surface area (Å²) in [6, 6.07) is 6.48. The standard InChI is InChI=1S/C13H13NO3S/c1-2-7-14-12(16)11(18-13(14)17)8-9-3-5-10(15)6-4-9/h3-6,8,15H,2,7H2,1H3. The van der Waals surface area contributed by atoms with Crippen molar-refractivity contribution in [2.24, 2.45) is 0 Å². The maximum atomic E-state index is 11.9. The van der Waals surface area contributed by atoms with Gasteiger partial charge in [-0.1, -0.05) is 19.1 Å². The summed E-state index contributed by atoms with van der Waals surface area (Å²) in [7, 11) is 0. The quantitative estimate of drug-likeness (QED) is 0.852. The molecule has 1 heterocycles. The smallest absolute Gasteiger partial charge is 0.293 e. The van der Waals surface area contributed by atoms with E-state index in [0.29, 0.717) is 11.4 Å². The maximum Gasteiger partial charge on any atom is 0.293 e. The summed E-state index contributed by atoms with van der Waals surface area (Å²) in [4.78, 5) is 25.3. The van der Waals surface area contributed by atoms with E-state index in [1.165, 1.54) is 4.90 Å². The summed E-state index contributed by atoms with van der Waals surface area (Å²) in [5, 5.41) is 8.95. The molecule has 1 aromatic rings. The number of hydrogen-bond donors (Lipinski definition) is 1. The highest BCUT2D eigenvalue weighted by Crippen LogP contribution is 2.32. The van der Waals surface area contributed by atoms with Crippen LogP contribution in [0.15, 0.2) is 29.2 Å². The number of rotatable bonds is 3. The molecule has 1 fully saturated rings. The molecule has 0 saturated carbocycles. The van der Waals surface area contributed by atoms with E-state index in [2.05, 4.69) is 0 Å². The van der Waals surface area contributed by atoms with Crippen LogP contribution in [0.25, 0.3) is 6.08 Å². The molecule has 2 amide bonds. The van der Waals surface area contributed by atoms with Gasteiger partial charge in [0.05, 0.1) is 4.91 Å². The highest BCUT2D eigenvalue weighted by Gasteiger charge is 2.34. The molecule has 0 aliphatic carbocycles. The number of carbonyl (C=O) groups excluding carboxylic acids is 2. The number of amides is 2. The first-order chi connectivity index (χ1) is 8.61. The number of phenolic OH excluding ortho intramolecular Hbond substituents is 1. The highest BCUT2D eigenvalue weighted by atomic mass is 32.2. The van der Waals surface area contributed by atoms with Gasteiger partial charge < -0.3 is 5.11 Å². The maximum absolute atomic E-state index is 11.9. The second-order valence-electron chi connectivity index (χ2n) is 3.92. The molecular formula is C13H13NO3S. The number of hydrogen-bond acceptors (Lipinski definition) is 4. The van der Waals surface area contributed by atoms with Crippen LogP contribution in [-0.2, 0) is 4.79 Å². The van der Waals surface area contributed by atoms with Crippen LogP contribution in [0.3, 0.4) is 0 Å². The minimum Gasteiger partial charge on any atom is -0.508 e. The van der Waals surface area contributed by atoms with E-state index in [-0.39, 0.29) is 16.9 Å². The molecular weight excluding hydrogens is 250 g/mol. The van der Waals surface area contributed by atoms with Crippen LogP contribution in [0.2, 0.25) is 0 Å². The molecule has 1 aromatic carbocycles. The van der Waals surface area contributed by atoms with E-state index in [1.807, 2.05) is 6.92 Å². The summed E-state index contributed by atoms with van der Waals surface area (Å²) in [6.07, 6.45) is 2.42. The molecule has 4 nitrogen and oxygen atoms in total. The van der Waals surface area contributed by atoms with E-state index < -0.39 is 0 Å². The van der Waals surface area contributed by atoms with Crippen molar-refractivity contribution < 1.29 is 14.7 Å². The molecule has 5 heteroatoms. The lowest BCUT2D eigenvalue weighted by Gasteiger charge is -2.09. The third kappa shape index (κ3) is 2.56. The number of aromatic hydroxyl groups is 1. The van der Waals surface area contributed by atoms with Crippen LogP contribution in [0, 0.1) is 0 Å². The second-order valence-corrected chi connectivity index (χ2v) is 4.92. The molecule has 0 spiro atoms. The number of thioether (sulfide) groups is 1. The summed E-state index contributed by atoms with van der Waals surface area (Å²) in [5.41, 5.74) is 0.787. The van der Waals surface area contributed by atoms with Crippen LogP contribution in [0.5, 0.6) is 5.75 Å². The van der Waals surface area contributed by atoms with Gasteiger partial charge in [0.1, 0.15) is 5.75 Å². The predicted octanol–water partition coefficient (Wildman–Crippen LogP) is 2.84. The number of carbonyl (C=O) groups is 2. The van der Waals surface area contributed by atoms with Gasteiger partial charge in [0.2, 0.25) is 0 Å². The van der Waals surface area contributed by atoms with Crippen molar-refractivity contribution >= 4 is 29.0 Å². The molecule has 1 saturated heterocycles. The lowest BCUT2D eigenvalue weighted by Crippen LogP contribution is -2.28. The van der Waals surface area contributed by atoms with Crippen molar-refractivity contribution in [3.8, 4) is 5.75 Å². The minimum absolute atomic E-state index is 0.172. The van der Waals surface area contributed by atoms with Crippen molar-refractivity contribution in [2.45, 2.75) is 13.3 Å². The van der Waals surface area contributed by atoms with E-state index in [9.17, 15) is 9.59 Å². The molecule has 1 aliphatic heterocycles. The van der Waals surface area contributed by atoms with Crippen LogP contribution in [0.4, 0.5) is 4.79 Å². The Balaban J connectivity index is 2.22. The predicted molar refractivity (Wildman–Crippen MR) is 71.1 cm³/mol. The zero-order chi connectivity index (χ0) is 13.1. The average molecular weight is 263 g/mol. The van der Waals surface area contributed by atoms with Gasteiger partial charge in [0, 0.05) is 6.54 Å². The van der Waals surface area contributed by atoms with Crippen LogP contribution in [-0.4, -0.2) is 27.7 Å². The summed E-state index contributed by atoms with van der Waals surface area (Å²) in [6.45, 7) is 2.38. The summed E-state index contributed by atoms with van der Waals surface area (Å²) >= 11 is 0.957. The zero-order valence-corrected chi connectivity index (χ0v) is 10.7. The Kier molecular flexibility index (Phi) is 3.72. The van der Waals surface area contributed by atoms with Crippen molar-refractivity contribution in [1.82, 2.24) is 4.90 Å². The van der Waals surface area contributed by atoms with Crippen molar-refractivity contribution in [2.75, 3.05) is 6.54 Å². The molecule has 0 radical (unpaired) electrons. The van der Waals surface area contributed by atoms with Gasteiger partial charge >= 0.3 is 0 Å². The van der Waals surface area contributed by atoms with Gasteiger partial charge in [-0.2, -0.15) is 0 Å². The SMILES string of the molecule is CCCN1C(=O)SC(=Cc2ccc(O)cc2)C1=O. The van der Waals surface area contributed by atoms with Gasteiger partial charge in [-0.05, 0) is 42.0 Å². The molecule has 0 atom stereocenters. The Morgan fingerprint density at radius 3 is 2.56 bits per heavy atom. The number of imide groups is 1. The average Bonchev–Trinajstić information content (AvgIpc) is 2.60. The Morgan fingerprint density at radius 2 is 1.94 bits per heavy atom. The summed E-state index contributed by atoms with van der Waals surface area (Å²) < 4.78 is 0. The first-order valence-corrected chi connectivity index (χ1v) is 6.48. The molecule has 18 heavy (non-hydrogen) atoms. The fraction of sp³-hybridized carbons (Fsp3) is 0.231. The lowest BCUT2D eigenvalue weighted by atomic mass is 10.2. The molecule has 94 valence electrons. The van der Waals surface area contributed by atoms with Crippen molar-refractivity contribution in [3.05, 3.63) is 34.7 Å². The van der Waals surface area contributed by atoms with E-state index in [4.69, 9.17) is 5.11 Å². The second kappa shape index (κ2) is 5.27. The number of phenols is 1. The zero-order valence-electron chi connectivity index (χ0n) is 9.92. The van der Waals surface area contributed by atoms with Crippen molar-refractivity contribution in [3.63, 3.8) is 0 Å². The Labute approximate surface area is 109 Å². The largest absolute Gasteiger partial charge is 0.508 e. The Hall–Kier alpha value is -1.75. The first kappa shape index (κ1) is 12.7. The minimum atomic E-state index is -0.236. The topological polar surface area (TPSA) is 57.6 Å². The van der Waals surface area contributed by atoms with E-state index >= 15 is 0 Å². The monoisotopic (exact) mass is 263 g/mol. The molecule has 0 unspecified atom stereocenters. The fourth-order valence-corrected chi connectivity index (χ4v) is 2.50. The van der Waals surface area contributed by atoms with E-state index in [0.717, 1.165) is 23.7 Å². The third-order valence-electron chi connectivity index (χ3n) is 2.51. The van der Waals surface area contributed by atoms with Crippen molar-refractivity contribution in [1.29, 1.82) is 0 Å². The molecule has 0 aromatic heterocycles. The van der Waals surface area contributed by atoms with Gasteiger partial charge in [0.15, 0.2) is 0 Å². The van der Waals surface area contributed by atoms with Crippen LogP contribution < -0.4 is 0 Å². The Morgan fingerprint density at radius 1 is 1.28 bits per heavy atom. The van der Waals surface area contributed by atoms with Gasteiger partial charge in [-0.25, -0.2) is 0 Å². The molecule has 2 rings (SSSR count). The number of nitrogens with zero attached hydrogens (tertiary/aromatic N) is 1. The number of benzene rings is 1. The van der Waals surface area contributed by atoms with E-state index in [1.54, 1.807) is 30.3 Å². The molecule has 1 aliphatic rings. The van der Waals surface area contributed by atoms with Crippen LogP contribution >= 0.6 is 11.8 Å².